The van der Waals surface area contributed by atoms with Crippen molar-refractivity contribution in [2.24, 2.45) is 4.99 Å². The minimum absolute atomic E-state index is 0.320. The van der Waals surface area contributed by atoms with E-state index >= 15 is 0 Å². The zero-order valence-electron chi connectivity index (χ0n) is 12.9. The monoisotopic (exact) mass is 319 g/mol. The average Bonchev–Trinajstić information content (AvgIpc) is 2.62. The molecule has 118 valence electrons. The topological polar surface area (TPSA) is 12.4 Å². The predicted molar refractivity (Wildman–Crippen MR) is 93.9 cm³/mol. The van der Waals surface area contributed by atoms with E-state index in [0.717, 1.165) is 16.7 Å². The van der Waals surface area contributed by atoms with Crippen molar-refractivity contribution in [2.75, 3.05) is 0 Å². The van der Waals surface area contributed by atoms with Gasteiger partial charge in [-0.1, -0.05) is 36.9 Å². The minimum Gasteiger partial charge on any atom is -0.248 e. The number of aliphatic imine (C=N–C) groups is 1. The van der Waals surface area contributed by atoms with E-state index in [1.807, 2.05) is 30.3 Å². The van der Waals surface area contributed by atoms with E-state index in [1.165, 1.54) is 24.3 Å². The first-order valence-corrected chi connectivity index (χ1v) is 7.48. The first-order chi connectivity index (χ1) is 11.6. The van der Waals surface area contributed by atoms with Gasteiger partial charge in [0.25, 0.3) is 0 Å². The standard InChI is InChI=1S/C21H15F2N/c1-15(16-5-3-2-4-6-16)24-21(17-7-11-19(22)12-8-17)18-9-13-20(23)14-10-18/h2-14H,1H2. The third-order valence-corrected chi connectivity index (χ3v) is 3.59. The molecule has 0 N–H and O–H groups in total. The molecule has 0 aromatic heterocycles. The van der Waals surface area contributed by atoms with Gasteiger partial charge in [0.15, 0.2) is 0 Å². The Morgan fingerprint density at radius 3 is 1.54 bits per heavy atom. The Bertz CT molecular complexity index is 816. The van der Waals surface area contributed by atoms with Gasteiger partial charge in [0.1, 0.15) is 11.6 Å². The van der Waals surface area contributed by atoms with E-state index < -0.39 is 0 Å². The van der Waals surface area contributed by atoms with Gasteiger partial charge < -0.3 is 0 Å². The van der Waals surface area contributed by atoms with Crippen molar-refractivity contribution in [1.29, 1.82) is 0 Å². The fourth-order valence-corrected chi connectivity index (χ4v) is 2.34. The van der Waals surface area contributed by atoms with Gasteiger partial charge in [-0.15, -0.1) is 0 Å². The molecular weight excluding hydrogens is 304 g/mol. The lowest BCUT2D eigenvalue weighted by atomic mass is 10.0. The van der Waals surface area contributed by atoms with E-state index in [9.17, 15) is 8.78 Å². The lowest BCUT2D eigenvalue weighted by Crippen LogP contribution is -2.04. The summed E-state index contributed by atoms with van der Waals surface area (Å²) >= 11 is 0. The largest absolute Gasteiger partial charge is 0.248 e. The first-order valence-electron chi connectivity index (χ1n) is 7.48. The molecule has 3 heteroatoms. The Morgan fingerprint density at radius 1 is 0.625 bits per heavy atom. The number of rotatable bonds is 4. The van der Waals surface area contributed by atoms with Crippen molar-refractivity contribution in [2.45, 2.75) is 0 Å². The molecule has 0 radical (unpaired) electrons. The fraction of sp³-hybridized carbons (Fsp3) is 0. The maximum absolute atomic E-state index is 13.2. The summed E-state index contributed by atoms with van der Waals surface area (Å²) in [6.07, 6.45) is 0. The first kappa shape index (κ1) is 15.8. The van der Waals surface area contributed by atoms with Crippen LogP contribution in [0.15, 0.2) is 90.4 Å². The van der Waals surface area contributed by atoms with Crippen LogP contribution in [0, 0.1) is 11.6 Å². The quantitative estimate of drug-likeness (QED) is 0.565. The lowest BCUT2D eigenvalue weighted by Gasteiger charge is -2.09. The zero-order valence-corrected chi connectivity index (χ0v) is 12.9. The number of hydrogen-bond donors (Lipinski definition) is 0. The highest BCUT2D eigenvalue weighted by Gasteiger charge is 2.09. The molecule has 0 fully saturated rings. The molecular formula is C21H15F2N. The molecule has 0 atom stereocenters. The molecule has 0 bridgehead atoms. The van der Waals surface area contributed by atoms with Crippen LogP contribution < -0.4 is 0 Å². The smallest absolute Gasteiger partial charge is 0.123 e. The van der Waals surface area contributed by atoms with Gasteiger partial charge in [0, 0.05) is 11.1 Å². The van der Waals surface area contributed by atoms with Gasteiger partial charge in [-0.3, -0.25) is 0 Å². The summed E-state index contributed by atoms with van der Waals surface area (Å²) in [5.41, 5.74) is 3.56. The summed E-state index contributed by atoms with van der Waals surface area (Å²) in [4.78, 5) is 4.62. The Kier molecular flexibility index (Phi) is 4.62. The molecule has 0 aliphatic heterocycles. The second-order valence-electron chi connectivity index (χ2n) is 5.29. The van der Waals surface area contributed by atoms with Gasteiger partial charge in [-0.2, -0.15) is 0 Å². The van der Waals surface area contributed by atoms with Gasteiger partial charge in [-0.05, 0) is 54.1 Å². The van der Waals surface area contributed by atoms with Crippen molar-refractivity contribution in [3.05, 3.63) is 114 Å². The van der Waals surface area contributed by atoms with E-state index in [2.05, 4.69) is 11.6 Å². The van der Waals surface area contributed by atoms with Crippen LogP contribution in [-0.4, -0.2) is 5.71 Å². The van der Waals surface area contributed by atoms with Crippen LogP contribution in [0.3, 0.4) is 0 Å². The summed E-state index contributed by atoms with van der Waals surface area (Å²) in [7, 11) is 0. The highest BCUT2D eigenvalue weighted by Crippen LogP contribution is 2.19. The zero-order chi connectivity index (χ0) is 16.9. The molecule has 0 saturated carbocycles. The summed E-state index contributed by atoms with van der Waals surface area (Å²) in [5, 5.41) is 0. The average molecular weight is 319 g/mol. The van der Waals surface area contributed by atoms with Crippen molar-refractivity contribution >= 4 is 11.4 Å². The third kappa shape index (κ3) is 3.63. The van der Waals surface area contributed by atoms with Crippen LogP contribution in [0.2, 0.25) is 0 Å². The van der Waals surface area contributed by atoms with Gasteiger partial charge in [0.2, 0.25) is 0 Å². The van der Waals surface area contributed by atoms with E-state index in [0.29, 0.717) is 11.4 Å². The molecule has 24 heavy (non-hydrogen) atoms. The molecule has 0 saturated heterocycles. The van der Waals surface area contributed by atoms with Crippen molar-refractivity contribution in [3.8, 4) is 0 Å². The summed E-state index contributed by atoms with van der Waals surface area (Å²) < 4.78 is 26.5. The summed E-state index contributed by atoms with van der Waals surface area (Å²) in [6.45, 7) is 4.02. The SMILES string of the molecule is C=C(N=C(c1ccc(F)cc1)c1ccc(F)cc1)c1ccccc1. The summed E-state index contributed by atoms with van der Waals surface area (Å²) in [5.74, 6) is -0.641. The van der Waals surface area contributed by atoms with E-state index in [1.54, 1.807) is 24.3 Å². The molecule has 0 spiro atoms. The maximum atomic E-state index is 13.2. The molecule has 3 rings (SSSR count). The number of nitrogens with zero attached hydrogens (tertiary/aromatic N) is 1. The Morgan fingerprint density at radius 2 is 1.08 bits per heavy atom. The molecule has 1 nitrogen and oxygen atoms in total. The normalized spacial score (nSPS) is 10.2. The van der Waals surface area contributed by atoms with Gasteiger partial charge in [-0.25, -0.2) is 13.8 Å². The Balaban J connectivity index is 2.07. The molecule has 3 aromatic carbocycles. The second kappa shape index (κ2) is 7.01. The minimum atomic E-state index is -0.320. The predicted octanol–water partition coefficient (Wildman–Crippen LogP) is 5.47. The number of benzene rings is 3. The highest BCUT2D eigenvalue weighted by molar-refractivity contribution is 6.14. The van der Waals surface area contributed by atoms with Gasteiger partial charge in [0.05, 0.1) is 11.4 Å². The van der Waals surface area contributed by atoms with Gasteiger partial charge >= 0.3 is 0 Å². The maximum Gasteiger partial charge on any atom is 0.123 e. The molecule has 0 unspecified atom stereocenters. The Labute approximate surface area is 139 Å². The molecule has 3 aromatic rings. The summed E-state index contributed by atoms with van der Waals surface area (Å²) in [6, 6.07) is 21.7. The van der Waals surface area contributed by atoms with Crippen molar-refractivity contribution < 1.29 is 8.78 Å². The van der Waals surface area contributed by atoms with Crippen LogP contribution in [-0.2, 0) is 0 Å². The second-order valence-corrected chi connectivity index (χ2v) is 5.29. The van der Waals surface area contributed by atoms with Crippen molar-refractivity contribution in [3.63, 3.8) is 0 Å². The lowest BCUT2D eigenvalue weighted by molar-refractivity contribution is 0.627. The van der Waals surface area contributed by atoms with Crippen molar-refractivity contribution in [1.82, 2.24) is 0 Å². The van der Waals surface area contributed by atoms with Crippen LogP contribution in [0.4, 0.5) is 8.78 Å². The number of halogens is 2. The van der Waals surface area contributed by atoms with E-state index in [4.69, 9.17) is 0 Å². The molecule has 0 aliphatic rings. The number of hydrogen-bond acceptors (Lipinski definition) is 1. The molecule has 0 heterocycles. The molecule has 0 aliphatic carbocycles. The van der Waals surface area contributed by atoms with Crippen LogP contribution in [0.25, 0.3) is 5.70 Å². The molecule has 0 amide bonds. The van der Waals surface area contributed by atoms with Crippen LogP contribution in [0.5, 0.6) is 0 Å². The van der Waals surface area contributed by atoms with Crippen LogP contribution in [0.1, 0.15) is 16.7 Å². The van der Waals surface area contributed by atoms with E-state index in [-0.39, 0.29) is 11.6 Å². The fourth-order valence-electron chi connectivity index (χ4n) is 2.34. The third-order valence-electron chi connectivity index (χ3n) is 3.59. The van der Waals surface area contributed by atoms with Crippen LogP contribution >= 0.6 is 0 Å². The Hall–Kier alpha value is -3.07. The highest BCUT2D eigenvalue weighted by atomic mass is 19.1.